The van der Waals surface area contributed by atoms with Crippen molar-refractivity contribution in [2.75, 3.05) is 6.54 Å². The molecule has 100 valence electrons. The van der Waals surface area contributed by atoms with E-state index in [1.54, 1.807) is 6.33 Å². The van der Waals surface area contributed by atoms with Crippen molar-refractivity contribution >= 4 is 0 Å². The van der Waals surface area contributed by atoms with Crippen molar-refractivity contribution < 1.29 is 0 Å². The highest BCUT2D eigenvalue weighted by atomic mass is 15.3. The summed E-state index contributed by atoms with van der Waals surface area (Å²) in [6.45, 7) is 4.29. The average molecular weight is 248 g/mol. The van der Waals surface area contributed by atoms with Crippen LogP contribution in [0, 0.1) is 11.8 Å². The molecule has 0 saturated heterocycles. The largest absolute Gasteiger partial charge is 0.314 e. The molecule has 4 nitrogen and oxygen atoms in total. The molecule has 0 spiro atoms. The lowest BCUT2D eigenvalue weighted by atomic mass is 9.92. The van der Waals surface area contributed by atoms with Gasteiger partial charge in [0, 0.05) is 19.0 Å². The molecule has 0 radical (unpaired) electrons. The molecule has 0 aromatic carbocycles. The van der Waals surface area contributed by atoms with Gasteiger partial charge in [-0.3, -0.25) is 4.68 Å². The Morgan fingerprint density at radius 1 is 1.28 bits per heavy atom. The van der Waals surface area contributed by atoms with Gasteiger partial charge in [-0.05, 0) is 51.0 Å². The Morgan fingerprint density at radius 2 is 2.11 bits per heavy atom. The van der Waals surface area contributed by atoms with Gasteiger partial charge in [-0.15, -0.1) is 0 Å². The van der Waals surface area contributed by atoms with Crippen LogP contribution in [0.2, 0.25) is 0 Å². The topological polar surface area (TPSA) is 42.7 Å². The first-order valence-corrected chi connectivity index (χ1v) is 7.47. The number of aromatic nitrogens is 3. The van der Waals surface area contributed by atoms with Crippen molar-refractivity contribution in [2.45, 2.75) is 58.0 Å². The number of nitrogens with one attached hydrogen (secondary N) is 1. The zero-order valence-electron chi connectivity index (χ0n) is 11.3. The molecule has 2 atom stereocenters. The number of rotatable bonds is 6. The predicted molar refractivity (Wildman–Crippen MR) is 71.3 cm³/mol. The van der Waals surface area contributed by atoms with Gasteiger partial charge in [-0.2, -0.15) is 5.10 Å². The van der Waals surface area contributed by atoms with E-state index in [9.17, 15) is 0 Å². The van der Waals surface area contributed by atoms with Gasteiger partial charge in [0.25, 0.3) is 0 Å². The van der Waals surface area contributed by atoms with Gasteiger partial charge in [-0.25, -0.2) is 4.98 Å². The summed E-state index contributed by atoms with van der Waals surface area (Å²) in [6.07, 6.45) is 9.75. The molecule has 18 heavy (non-hydrogen) atoms. The molecule has 0 bridgehead atoms. The minimum absolute atomic E-state index is 0.811. The third-order valence-corrected chi connectivity index (χ3v) is 4.50. The van der Waals surface area contributed by atoms with Gasteiger partial charge in [0.2, 0.25) is 0 Å². The fourth-order valence-electron chi connectivity index (χ4n) is 3.20. The highest BCUT2D eigenvalue weighted by molar-refractivity contribution is 4.93. The van der Waals surface area contributed by atoms with Crippen LogP contribution in [0.3, 0.4) is 0 Å². The molecule has 1 aromatic heterocycles. The monoisotopic (exact) mass is 248 g/mol. The second-order valence-electron chi connectivity index (χ2n) is 5.83. The third-order valence-electron chi connectivity index (χ3n) is 4.50. The molecule has 1 heterocycles. The number of hydrogen-bond donors (Lipinski definition) is 1. The van der Waals surface area contributed by atoms with Crippen LogP contribution in [0.15, 0.2) is 6.33 Å². The van der Waals surface area contributed by atoms with Crippen LogP contribution in [0.1, 0.15) is 44.9 Å². The van der Waals surface area contributed by atoms with E-state index in [2.05, 4.69) is 22.3 Å². The fraction of sp³-hybridized carbons (Fsp3) is 0.857. The van der Waals surface area contributed by atoms with Crippen LogP contribution < -0.4 is 5.32 Å². The SMILES string of the molecule is CCn1ncnc1CC1CCCC1CNC1CC1. The Balaban J connectivity index is 1.56. The molecule has 1 N–H and O–H groups in total. The van der Waals surface area contributed by atoms with E-state index in [1.807, 2.05) is 4.68 Å². The molecule has 2 fully saturated rings. The highest BCUT2D eigenvalue weighted by Gasteiger charge is 2.30. The summed E-state index contributed by atoms with van der Waals surface area (Å²) >= 11 is 0. The predicted octanol–water partition coefficient (Wildman–Crippen LogP) is 2.01. The normalized spacial score (nSPS) is 27.8. The standard InChI is InChI=1S/C14H24N4/c1-2-18-14(16-10-17-18)8-11-4-3-5-12(11)9-15-13-6-7-13/h10-13,15H,2-9H2,1H3. The van der Waals surface area contributed by atoms with E-state index in [-0.39, 0.29) is 0 Å². The maximum absolute atomic E-state index is 4.42. The Hall–Kier alpha value is -0.900. The van der Waals surface area contributed by atoms with E-state index in [0.717, 1.165) is 30.8 Å². The lowest BCUT2D eigenvalue weighted by Crippen LogP contribution is -2.28. The van der Waals surface area contributed by atoms with Gasteiger partial charge in [0.1, 0.15) is 12.2 Å². The minimum Gasteiger partial charge on any atom is -0.314 e. The van der Waals surface area contributed by atoms with Gasteiger partial charge in [0.05, 0.1) is 0 Å². The van der Waals surface area contributed by atoms with Crippen LogP contribution in [0.4, 0.5) is 0 Å². The van der Waals surface area contributed by atoms with E-state index in [1.165, 1.54) is 44.5 Å². The van der Waals surface area contributed by atoms with Gasteiger partial charge in [0.15, 0.2) is 0 Å². The number of hydrogen-bond acceptors (Lipinski definition) is 3. The van der Waals surface area contributed by atoms with Crippen LogP contribution in [0.5, 0.6) is 0 Å². The van der Waals surface area contributed by atoms with Crippen molar-refractivity contribution in [2.24, 2.45) is 11.8 Å². The maximum Gasteiger partial charge on any atom is 0.138 e. The molecule has 4 heteroatoms. The van der Waals surface area contributed by atoms with Crippen LogP contribution in [-0.4, -0.2) is 27.4 Å². The van der Waals surface area contributed by atoms with E-state index >= 15 is 0 Å². The molecule has 2 saturated carbocycles. The number of nitrogens with zero attached hydrogens (tertiary/aromatic N) is 3. The first-order chi connectivity index (χ1) is 8.86. The quantitative estimate of drug-likeness (QED) is 0.837. The second kappa shape index (κ2) is 5.39. The summed E-state index contributed by atoms with van der Waals surface area (Å²) in [5.74, 6) is 2.85. The molecular weight excluding hydrogens is 224 g/mol. The second-order valence-corrected chi connectivity index (χ2v) is 5.83. The van der Waals surface area contributed by atoms with Crippen molar-refractivity contribution in [1.82, 2.24) is 20.1 Å². The van der Waals surface area contributed by atoms with Gasteiger partial charge < -0.3 is 5.32 Å². The molecule has 2 aliphatic rings. The summed E-state index contributed by atoms with van der Waals surface area (Å²) in [7, 11) is 0. The average Bonchev–Trinajstić information content (AvgIpc) is 2.94. The summed E-state index contributed by atoms with van der Waals surface area (Å²) in [4.78, 5) is 4.42. The zero-order valence-corrected chi connectivity index (χ0v) is 11.3. The lowest BCUT2D eigenvalue weighted by Gasteiger charge is -2.19. The molecular formula is C14H24N4. The van der Waals surface area contributed by atoms with E-state index in [4.69, 9.17) is 0 Å². The smallest absolute Gasteiger partial charge is 0.138 e. The van der Waals surface area contributed by atoms with Crippen molar-refractivity contribution in [3.05, 3.63) is 12.2 Å². The Morgan fingerprint density at radius 3 is 2.89 bits per heavy atom. The summed E-state index contributed by atoms with van der Waals surface area (Å²) < 4.78 is 2.05. The highest BCUT2D eigenvalue weighted by Crippen LogP contribution is 2.34. The lowest BCUT2D eigenvalue weighted by molar-refractivity contribution is 0.353. The fourth-order valence-corrected chi connectivity index (χ4v) is 3.20. The third kappa shape index (κ3) is 2.74. The molecule has 0 amide bonds. The van der Waals surface area contributed by atoms with Crippen LogP contribution in [0.25, 0.3) is 0 Å². The van der Waals surface area contributed by atoms with E-state index < -0.39 is 0 Å². The summed E-state index contributed by atoms with van der Waals surface area (Å²) in [6, 6.07) is 0.838. The van der Waals surface area contributed by atoms with Crippen molar-refractivity contribution in [1.29, 1.82) is 0 Å². The first-order valence-electron chi connectivity index (χ1n) is 7.47. The summed E-state index contributed by atoms with van der Waals surface area (Å²) in [5.41, 5.74) is 0. The zero-order chi connectivity index (χ0) is 12.4. The Labute approximate surface area is 109 Å². The van der Waals surface area contributed by atoms with Crippen LogP contribution in [-0.2, 0) is 13.0 Å². The van der Waals surface area contributed by atoms with Crippen molar-refractivity contribution in [3.63, 3.8) is 0 Å². The van der Waals surface area contributed by atoms with Crippen molar-refractivity contribution in [3.8, 4) is 0 Å². The molecule has 2 aliphatic carbocycles. The molecule has 2 unspecified atom stereocenters. The molecule has 3 rings (SSSR count). The molecule has 1 aromatic rings. The van der Waals surface area contributed by atoms with Gasteiger partial charge >= 0.3 is 0 Å². The number of aryl methyl sites for hydroxylation is 1. The minimum atomic E-state index is 0.811. The van der Waals surface area contributed by atoms with Crippen LogP contribution >= 0.6 is 0 Å². The van der Waals surface area contributed by atoms with E-state index in [0.29, 0.717) is 0 Å². The Kier molecular flexibility index (Phi) is 3.64. The maximum atomic E-state index is 4.42. The molecule has 0 aliphatic heterocycles. The first kappa shape index (κ1) is 12.2. The van der Waals surface area contributed by atoms with Gasteiger partial charge in [-0.1, -0.05) is 6.42 Å². The summed E-state index contributed by atoms with van der Waals surface area (Å²) in [5, 5.41) is 7.97. The Bertz CT molecular complexity index is 383.